The molecule has 0 radical (unpaired) electrons. The Morgan fingerprint density at radius 1 is 1.36 bits per heavy atom. The maximum Gasteiger partial charge on any atom is 0.250 e. The van der Waals surface area contributed by atoms with E-state index >= 15 is 0 Å². The Labute approximate surface area is 158 Å². The molecule has 1 fully saturated rings. The lowest BCUT2D eigenvalue weighted by atomic mass is 10.0. The molecule has 0 amide bonds. The van der Waals surface area contributed by atoms with Crippen molar-refractivity contribution in [1.29, 1.82) is 0 Å². The Hall–Kier alpha value is -0.800. The first-order valence-corrected chi connectivity index (χ1v) is 12.0. The van der Waals surface area contributed by atoms with Crippen molar-refractivity contribution in [1.82, 2.24) is 14.6 Å². The Bertz CT molecular complexity index is 798. The minimum Gasteiger partial charge on any atom is -0.299 e. The largest absolute Gasteiger partial charge is 0.299 e. The average molecular weight is 400 g/mol. The van der Waals surface area contributed by atoms with Crippen molar-refractivity contribution >= 4 is 32.7 Å². The number of aromatic nitrogens is 1. The number of aryl methyl sites for hydroxylation is 1. The van der Waals surface area contributed by atoms with E-state index in [9.17, 15) is 8.42 Å². The van der Waals surface area contributed by atoms with Crippen LogP contribution in [0.15, 0.2) is 21.7 Å². The van der Waals surface area contributed by atoms with Crippen LogP contribution < -0.4 is 4.72 Å². The van der Waals surface area contributed by atoms with Gasteiger partial charge in [0.2, 0.25) is 10.0 Å². The zero-order chi connectivity index (χ0) is 17.9. The van der Waals surface area contributed by atoms with Crippen LogP contribution in [0.5, 0.6) is 0 Å². The van der Waals surface area contributed by atoms with E-state index in [1.807, 2.05) is 11.4 Å². The van der Waals surface area contributed by atoms with E-state index in [-0.39, 0.29) is 0 Å². The summed E-state index contributed by atoms with van der Waals surface area (Å²) in [6, 6.07) is 4.08. The van der Waals surface area contributed by atoms with Crippen molar-refractivity contribution in [2.45, 2.75) is 49.8 Å². The average Bonchev–Trinajstić information content (AvgIpc) is 3.25. The molecule has 2 aromatic heterocycles. The van der Waals surface area contributed by atoms with Crippen molar-refractivity contribution in [3.05, 3.63) is 23.2 Å². The second-order valence-electron chi connectivity index (χ2n) is 6.39. The van der Waals surface area contributed by atoms with E-state index in [4.69, 9.17) is 0 Å². The number of rotatable bonds is 7. The molecule has 0 bridgehead atoms. The van der Waals surface area contributed by atoms with Crippen molar-refractivity contribution in [2.24, 2.45) is 0 Å². The fourth-order valence-electron chi connectivity index (χ4n) is 3.05. The number of sulfonamides is 1. The molecule has 0 saturated carbocycles. The summed E-state index contributed by atoms with van der Waals surface area (Å²) in [4.78, 5) is 7.81. The number of hydrogen-bond donors (Lipinski definition) is 1. The van der Waals surface area contributed by atoms with Gasteiger partial charge in [0.25, 0.3) is 0 Å². The minimum atomic E-state index is -3.45. The van der Waals surface area contributed by atoms with Gasteiger partial charge in [-0.3, -0.25) is 4.90 Å². The van der Waals surface area contributed by atoms with E-state index in [2.05, 4.69) is 28.5 Å². The smallest absolute Gasteiger partial charge is 0.250 e. The molecule has 1 N–H and O–H groups in total. The highest BCUT2D eigenvalue weighted by Crippen LogP contribution is 2.32. The second kappa shape index (κ2) is 8.26. The SMILES string of the molecule is CCc1csc(-c2ccc(S(=O)(=O)NCCN3CCCC[C@@H]3C)s2)n1. The van der Waals surface area contributed by atoms with Gasteiger partial charge in [0.05, 0.1) is 10.6 Å². The standard InChI is InChI=1S/C17H25N3O2S3/c1-3-14-12-23-17(19-14)15-7-8-16(24-15)25(21,22)18-9-11-20-10-5-4-6-13(20)2/h7-8,12-13,18H,3-6,9-11H2,1-2H3/t13-/m0/s1. The van der Waals surface area contributed by atoms with Crippen LogP contribution in [0.25, 0.3) is 9.88 Å². The van der Waals surface area contributed by atoms with Gasteiger partial charge in [-0.1, -0.05) is 13.3 Å². The van der Waals surface area contributed by atoms with Gasteiger partial charge in [-0.2, -0.15) is 0 Å². The first-order chi connectivity index (χ1) is 12.0. The Morgan fingerprint density at radius 3 is 2.92 bits per heavy atom. The Kier molecular flexibility index (Phi) is 6.27. The zero-order valence-corrected chi connectivity index (χ0v) is 17.1. The van der Waals surface area contributed by atoms with Gasteiger partial charge in [-0.05, 0) is 44.9 Å². The summed E-state index contributed by atoms with van der Waals surface area (Å²) in [6.07, 6.45) is 4.58. The molecule has 0 spiro atoms. The van der Waals surface area contributed by atoms with Gasteiger partial charge in [0.15, 0.2) is 0 Å². The highest BCUT2D eigenvalue weighted by atomic mass is 32.2. The molecule has 0 aromatic carbocycles. The molecule has 5 nitrogen and oxygen atoms in total. The van der Waals surface area contributed by atoms with Crippen LogP contribution >= 0.6 is 22.7 Å². The topological polar surface area (TPSA) is 62.3 Å². The predicted molar refractivity (Wildman–Crippen MR) is 105 cm³/mol. The molecular formula is C17H25N3O2S3. The molecule has 3 heterocycles. The highest BCUT2D eigenvalue weighted by Gasteiger charge is 2.21. The van der Waals surface area contributed by atoms with Gasteiger partial charge in [0, 0.05) is 24.5 Å². The monoisotopic (exact) mass is 399 g/mol. The van der Waals surface area contributed by atoms with Gasteiger partial charge in [-0.15, -0.1) is 22.7 Å². The zero-order valence-electron chi connectivity index (χ0n) is 14.7. The molecule has 1 aliphatic rings. The molecule has 25 heavy (non-hydrogen) atoms. The number of likely N-dealkylation sites (tertiary alicyclic amines) is 1. The number of thiazole rings is 1. The van der Waals surface area contributed by atoms with Crippen molar-refractivity contribution in [3.8, 4) is 9.88 Å². The first-order valence-electron chi connectivity index (χ1n) is 8.78. The van der Waals surface area contributed by atoms with E-state index in [0.717, 1.165) is 35.1 Å². The molecule has 0 unspecified atom stereocenters. The number of thiophene rings is 1. The molecule has 1 saturated heterocycles. The van der Waals surface area contributed by atoms with E-state index in [0.29, 0.717) is 16.8 Å². The maximum atomic E-state index is 12.5. The quantitative estimate of drug-likeness (QED) is 0.773. The summed E-state index contributed by atoms with van der Waals surface area (Å²) in [6.45, 7) is 6.58. The predicted octanol–water partition coefficient (Wildman–Crippen LogP) is 3.59. The van der Waals surface area contributed by atoms with Crippen LogP contribution in [0, 0.1) is 0 Å². The normalized spacial score (nSPS) is 19.4. The van der Waals surface area contributed by atoms with Crippen LogP contribution in [0.4, 0.5) is 0 Å². The molecule has 3 rings (SSSR count). The van der Waals surface area contributed by atoms with Crippen LogP contribution in [-0.4, -0.2) is 44.0 Å². The summed E-state index contributed by atoms with van der Waals surface area (Å²) in [5, 5.41) is 2.92. The minimum absolute atomic E-state index is 0.363. The van der Waals surface area contributed by atoms with Crippen molar-refractivity contribution in [3.63, 3.8) is 0 Å². The molecule has 138 valence electrons. The van der Waals surface area contributed by atoms with E-state index < -0.39 is 10.0 Å². The highest BCUT2D eigenvalue weighted by molar-refractivity contribution is 7.91. The van der Waals surface area contributed by atoms with Crippen LogP contribution in [0.2, 0.25) is 0 Å². The number of piperidine rings is 1. The lowest BCUT2D eigenvalue weighted by molar-refractivity contribution is 0.164. The number of nitrogens with one attached hydrogen (secondary N) is 1. The molecule has 2 aromatic rings. The van der Waals surface area contributed by atoms with Gasteiger partial charge in [0.1, 0.15) is 9.22 Å². The van der Waals surface area contributed by atoms with Gasteiger partial charge >= 0.3 is 0 Å². The Balaban J connectivity index is 1.60. The van der Waals surface area contributed by atoms with E-state index in [1.165, 1.54) is 30.6 Å². The van der Waals surface area contributed by atoms with Crippen LogP contribution in [-0.2, 0) is 16.4 Å². The first kappa shape index (κ1) is 19.0. The second-order valence-corrected chi connectivity index (χ2v) is 10.3. The molecule has 1 atom stereocenters. The molecule has 0 aliphatic carbocycles. The summed E-state index contributed by atoms with van der Waals surface area (Å²) in [5.74, 6) is 0. The summed E-state index contributed by atoms with van der Waals surface area (Å²) in [5.41, 5.74) is 1.05. The summed E-state index contributed by atoms with van der Waals surface area (Å²) in [7, 11) is -3.45. The van der Waals surface area contributed by atoms with Crippen molar-refractivity contribution < 1.29 is 8.42 Å². The summed E-state index contributed by atoms with van der Waals surface area (Å²) >= 11 is 2.85. The number of nitrogens with zero attached hydrogens (tertiary/aromatic N) is 2. The molecule has 8 heteroatoms. The van der Waals surface area contributed by atoms with Crippen LogP contribution in [0.3, 0.4) is 0 Å². The lowest BCUT2D eigenvalue weighted by Crippen LogP contribution is -2.42. The van der Waals surface area contributed by atoms with Gasteiger partial charge < -0.3 is 0 Å². The van der Waals surface area contributed by atoms with Crippen LogP contribution in [0.1, 0.15) is 38.8 Å². The Morgan fingerprint density at radius 2 is 2.20 bits per heavy atom. The maximum absolute atomic E-state index is 12.5. The molecular weight excluding hydrogens is 374 g/mol. The van der Waals surface area contributed by atoms with Crippen molar-refractivity contribution in [2.75, 3.05) is 19.6 Å². The van der Waals surface area contributed by atoms with Gasteiger partial charge in [-0.25, -0.2) is 18.1 Å². The van der Waals surface area contributed by atoms with E-state index in [1.54, 1.807) is 17.4 Å². The fourth-order valence-corrected chi connectivity index (χ4v) is 6.39. The fraction of sp³-hybridized carbons (Fsp3) is 0.588. The molecule has 1 aliphatic heterocycles. The number of hydrogen-bond acceptors (Lipinski definition) is 6. The third kappa shape index (κ3) is 4.68. The third-order valence-corrected chi connectivity index (χ3v) is 8.70. The summed E-state index contributed by atoms with van der Waals surface area (Å²) < 4.78 is 28.2. The third-order valence-electron chi connectivity index (χ3n) is 4.60. The lowest BCUT2D eigenvalue weighted by Gasteiger charge is -2.33.